The molecule has 4 aromatic carbocycles. The third-order valence-corrected chi connectivity index (χ3v) is 7.50. The van der Waals surface area contributed by atoms with Crippen LogP contribution >= 0.6 is 11.8 Å². The van der Waals surface area contributed by atoms with E-state index in [1.807, 2.05) is 60.7 Å². The topological polar surface area (TPSA) is 68.9 Å². The van der Waals surface area contributed by atoms with Gasteiger partial charge in [0.1, 0.15) is 5.04 Å². The first-order valence-electron chi connectivity index (χ1n) is 11.6. The Balaban J connectivity index is 1.45. The summed E-state index contributed by atoms with van der Waals surface area (Å²) >= 11 is 1.38. The normalized spacial score (nSPS) is 17.6. The number of hydrogen-bond acceptors (Lipinski definition) is 4. The van der Waals surface area contributed by atoms with Crippen LogP contribution in [0.25, 0.3) is 27.6 Å². The average Bonchev–Trinajstić information content (AvgIpc) is 3.30. The van der Waals surface area contributed by atoms with Gasteiger partial charge in [0.15, 0.2) is 5.84 Å². The van der Waals surface area contributed by atoms with Crippen LogP contribution in [0, 0.1) is 5.41 Å². The van der Waals surface area contributed by atoms with Crippen LogP contribution in [0.15, 0.2) is 101 Å². The van der Waals surface area contributed by atoms with Crippen LogP contribution in [-0.2, 0) is 4.79 Å². The van der Waals surface area contributed by atoms with Gasteiger partial charge in [-0.2, -0.15) is 15.1 Å². The zero-order valence-corrected chi connectivity index (χ0v) is 19.9. The molecular weight excluding hydrogens is 452 g/mol. The highest BCUT2D eigenvalue weighted by Gasteiger charge is 2.37. The summed E-state index contributed by atoms with van der Waals surface area (Å²) in [4.78, 5) is 17.5. The number of benzene rings is 4. The van der Waals surface area contributed by atoms with Crippen molar-refractivity contribution in [1.82, 2.24) is 5.01 Å². The molecule has 170 valence electrons. The average molecular weight is 475 g/mol. The Morgan fingerprint density at radius 3 is 2.23 bits per heavy atom. The summed E-state index contributed by atoms with van der Waals surface area (Å²) in [5.74, 6) is -0.260. The number of hydrogen-bond donors (Lipinski definition) is 1. The highest BCUT2D eigenvalue weighted by atomic mass is 32.2. The maximum absolute atomic E-state index is 13.2. The second-order valence-electron chi connectivity index (χ2n) is 8.56. The van der Waals surface area contributed by atoms with Crippen LogP contribution in [0.5, 0.6) is 0 Å². The summed E-state index contributed by atoms with van der Waals surface area (Å²) in [6.45, 7) is 2.12. The van der Waals surface area contributed by atoms with Crippen molar-refractivity contribution in [2.75, 3.05) is 0 Å². The second kappa shape index (κ2) is 8.64. The predicted octanol–water partition coefficient (Wildman–Crippen LogP) is 6.81. The molecule has 1 atom stereocenters. The fourth-order valence-electron chi connectivity index (χ4n) is 4.73. The first-order valence-corrected chi connectivity index (χ1v) is 12.4. The van der Waals surface area contributed by atoms with Crippen molar-refractivity contribution < 1.29 is 4.79 Å². The fraction of sp³-hybridized carbons (Fsp3) is 0.103. The second-order valence-corrected chi connectivity index (χ2v) is 9.55. The Morgan fingerprint density at radius 1 is 0.943 bits per heavy atom. The molecule has 0 saturated carbocycles. The minimum atomic E-state index is -0.407. The van der Waals surface area contributed by atoms with E-state index in [0.29, 0.717) is 5.17 Å². The molecule has 2 aliphatic rings. The third-order valence-electron chi connectivity index (χ3n) is 6.48. The van der Waals surface area contributed by atoms with Gasteiger partial charge in [-0.25, -0.2) is 0 Å². The van der Waals surface area contributed by atoms with Gasteiger partial charge in [-0.1, -0.05) is 85.8 Å². The monoisotopic (exact) mass is 474 g/mol. The van der Waals surface area contributed by atoms with Crippen molar-refractivity contribution in [2.24, 2.45) is 10.1 Å². The minimum Gasteiger partial charge on any atom is -0.282 e. The molecule has 5 nitrogen and oxygen atoms in total. The van der Waals surface area contributed by atoms with Gasteiger partial charge in [0.2, 0.25) is 5.17 Å². The number of nitrogens with zero attached hydrogens (tertiary/aromatic N) is 3. The Hall–Kier alpha value is -4.03. The predicted molar refractivity (Wildman–Crippen MR) is 146 cm³/mol. The van der Waals surface area contributed by atoms with Crippen molar-refractivity contribution in [3.63, 3.8) is 0 Å². The van der Waals surface area contributed by atoms with Crippen LogP contribution in [0.3, 0.4) is 0 Å². The van der Waals surface area contributed by atoms with Crippen molar-refractivity contribution in [3.05, 3.63) is 102 Å². The number of nitrogens with one attached hydrogen (secondary N) is 1. The van der Waals surface area contributed by atoms with E-state index >= 15 is 0 Å². The van der Waals surface area contributed by atoms with Crippen molar-refractivity contribution in [1.29, 1.82) is 5.41 Å². The number of amides is 1. The zero-order chi connectivity index (χ0) is 23.9. The number of carbonyl (C=O) groups excluding carboxylic acids is 1. The molecule has 1 amide bonds. The van der Waals surface area contributed by atoms with Crippen LogP contribution < -0.4 is 0 Å². The number of rotatable bonds is 4. The molecule has 0 aromatic heterocycles. The number of carbonyl (C=O) groups is 1. The molecule has 6 rings (SSSR count). The summed E-state index contributed by atoms with van der Waals surface area (Å²) in [7, 11) is 0. The molecular formula is C29H22N4OS. The summed E-state index contributed by atoms with van der Waals surface area (Å²) in [6.07, 6.45) is 2.67. The molecule has 2 heterocycles. The van der Waals surface area contributed by atoms with Crippen LogP contribution in [0.2, 0.25) is 0 Å². The summed E-state index contributed by atoms with van der Waals surface area (Å²) in [5, 5.41) is 20.7. The lowest BCUT2D eigenvalue weighted by Crippen LogP contribution is -2.35. The highest BCUT2D eigenvalue weighted by molar-refractivity contribution is 8.27. The number of amidine groups is 2. The molecule has 4 aromatic rings. The molecule has 0 saturated heterocycles. The van der Waals surface area contributed by atoms with E-state index < -0.39 is 5.91 Å². The maximum atomic E-state index is 13.2. The molecule has 0 radical (unpaired) electrons. The molecule has 35 heavy (non-hydrogen) atoms. The van der Waals surface area contributed by atoms with Crippen molar-refractivity contribution in [3.8, 4) is 0 Å². The zero-order valence-electron chi connectivity index (χ0n) is 19.1. The quantitative estimate of drug-likeness (QED) is 0.261. The number of thioether (sulfide) groups is 1. The lowest BCUT2D eigenvalue weighted by Gasteiger charge is -2.20. The van der Waals surface area contributed by atoms with Gasteiger partial charge in [0.25, 0.3) is 5.91 Å². The molecule has 1 N–H and O–H groups in total. The van der Waals surface area contributed by atoms with E-state index in [9.17, 15) is 4.79 Å². The summed E-state index contributed by atoms with van der Waals surface area (Å²) in [5.41, 5.74) is 2.32. The van der Waals surface area contributed by atoms with E-state index in [-0.39, 0.29) is 17.3 Å². The number of fused-ring (bicyclic) bond motifs is 3. The van der Waals surface area contributed by atoms with E-state index in [1.54, 1.807) is 0 Å². The van der Waals surface area contributed by atoms with Gasteiger partial charge in [-0.3, -0.25) is 10.2 Å². The van der Waals surface area contributed by atoms with Crippen molar-refractivity contribution >= 4 is 61.3 Å². The van der Waals surface area contributed by atoms with Gasteiger partial charge in [-0.05, 0) is 63.0 Å². The van der Waals surface area contributed by atoms with Gasteiger partial charge in [0.05, 0.1) is 5.57 Å². The first-order chi connectivity index (χ1) is 17.1. The van der Waals surface area contributed by atoms with E-state index in [2.05, 4.69) is 42.2 Å². The number of aliphatic imine (C=N–C) groups is 1. The molecule has 0 aliphatic carbocycles. The maximum Gasteiger partial charge on any atom is 0.283 e. The molecule has 6 heteroatoms. The van der Waals surface area contributed by atoms with Gasteiger partial charge in [-0.15, -0.1) is 0 Å². The Bertz CT molecular complexity index is 1550. The molecule has 1 unspecified atom stereocenters. The van der Waals surface area contributed by atoms with E-state index in [4.69, 9.17) is 10.5 Å². The van der Waals surface area contributed by atoms with E-state index in [1.165, 1.54) is 16.8 Å². The molecule has 0 fully saturated rings. The highest BCUT2D eigenvalue weighted by Crippen LogP contribution is 2.37. The van der Waals surface area contributed by atoms with Gasteiger partial charge < -0.3 is 0 Å². The molecule has 0 spiro atoms. The smallest absolute Gasteiger partial charge is 0.282 e. The third kappa shape index (κ3) is 3.67. The van der Waals surface area contributed by atoms with Gasteiger partial charge >= 0.3 is 0 Å². The van der Waals surface area contributed by atoms with Crippen LogP contribution in [-0.4, -0.2) is 27.0 Å². The van der Waals surface area contributed by atoms with Crippen molar-refractivity contribution in [2.45, 2.75) is 19.3 Å². The standard InChI is InChI=1S/C29H22N4OS/c1-2-21(18-10-4-3-5-11-18)28-32-33-26(30)25(27(34)31-29(33)35-28)17-24-22-14-8-6-12-19(22)16-20-13-7-9-15-23(20)24/h3-17,21,30H,2H2,1H3. The lowest BCUT2D eigenvalue weighted by molar-refractivity contribution is -0.114. The SMILES string of the molecule is CCC(C1=NN2C(=N)C(=Cc3c4ccccc4cc4ccccc34)C(=O)N=C2S1)c1ccccc1. The molecule has 0 bridgehead atoms. The number of hydrazone groups is 1. The summed E-state index contributed by atoms with van der Waals surface area (Å²) in [6, 6.07) is 28.6. The first kappa shape index (κ1) is 21.5. The lowest BCUT2D eigenvalue weighted by atomic mass is 9.95. The Labute approximate surface area is 207 Å². The fourth-order valence-corrected chi connectivity index (χ4v) is 5.84. The Morgan fingerprint density at radius 2 is 1.57 bits per heavy atom. The largest absolute Gasteiger partial charge is 0.283 e. The van der Waals surface area contributed by atoms with Crippen LogP contribution in [0.1, 0.15) is 30.4 Å². The summed E-state index contributed by atoms with van der Waals surface area (Å²) < 4.78 is 0. The van der Waals surface area contributed by atoms with Crippen LogP contribution in [0.4, 0.5) is 0 Å². The Kier molecular flexibility index (Phi) is 5.30. The van der Waals surface area contributed by atoms with Gasteiger partial charge in [0, 0.05) is 5.92 Å². The van der Waals surface area contributed by atoms with E-state index in [0.717, 1.165) is 44.1 Å². The minimum absolute atomic E-state index is 0.0578. The molecule has 2 aliphatic heterocycles.